The first-order chi connectivity index (χ1) is 9.63. The van der Waals surface area contributed by atoms with Crippen LogP contribution < -0.4 is 10.6 Å². The lowest BCUT2D eigenvalue weighted by Crippen LogP contribution is -2.32. The molecule has 1 fully saturated rings. The van der Waals surface area contributed by atoms with Crippen LogP contribution in [0.25, 0.3) is 0 Å². The van der Waals surface area contributed by atoms with Crippen molar-refractivity contribution in [2.45, 2.75) is 58.9 Å². The summed E-state index contributed by atoms with van der Waals surface area (Å²) in [5.74, 6) is 0.919. The minimum atomic E-state index is 0.289. The highest BCUT2D eigenvalue weighted by Crippen LogP contribution is 2.30. The van der Waals surface area contributed by atoms with Crippen LogP contribution in [0.15, 0.2) is 18.2 Å². The lowest BCUT2D eigenvalue weighted by atomic mass is 9.85. The number of nitrogens with zero attached hydrogens (tertiary/aromatic N) is 1. The summed E-state index contributed by atoms with van der Waals surface area (Å²) in [6, 6.07) is 7.18. The van der Waals surface area contributed by atoms with Crippen LogP contribution in [0, 0.1) is 12.8 Å². The normalized spacial score (nSPS) is 16.8. The van der Waals surface area contributed by atoms with E-state index in [0.717, 1.165) is 25.3 Å². The molecule has 2 rings (SSSR count). The molecular weight excluding hydrogens is 244 g/mol. The molecule has 0 radical (unpaired) electrons. The van der Waals surface area contributed by atoms with Gasteiger partial charge in [0.15, 0.2) is 0 Å². The number of aryl methyl sites for hydroxylation is 1. The molecule has 1 aliphatic rings. The molecule has 0 heterocycles. The van der Waals surface area contributed by atoms with Gasteiger partial charge in [-0.05, 0) is 62.6 Å². The summed E-state index contributed by atoms with van der Waals surface area (Å²) in [5.41, 5.74) is 10.2. The first-order valence-electron chi connectivity index (χ1n) is 8.24. The summed E-state index contributed by atoms with van der Waals surface area (Å²) in [6.07, 6.45) is 6.29. The third kappa shape index (κ3) is 3.76. The molecule has 0 aliphatic heterocycles. The highest BCUT2D eigenvalue weighted by atomic mass is 15.1. The second-order valence-electron chi connectivity index (χ2n) is 6.33. The lowest BCUT2D eigenvalue weighted by molar-refractivity contribution is 0.318. The van der Waals surface area contributed by atoms with Crippen molar-refractivity contribution in [3.8, 4) is 0 Å². The molecule has 1 saturated carbocycles. The predicted molar refractivity (Wildman–Crippen MR) is 88.4 cm³/mol. The van der Waals surface area contributed by atoms with Crippen molar-refractivity contribution in [2.24, 2.45) is 11.7 Å². The predicted octanol–water partition coefficient (Wildman–Crippen LogP) is 3.90. The Morgan fingerprint density at radius 1 is 1.30 bits per heavy atom. The zero-order chi connectivity index (χ0) is 14.5. The van der Waals surface area contributed by atoms with Crippen molar-refractivity contribution in [2.75, 3.05) is 18.0 Å². The van der Waals surface area contributed by atoms with Crippen LogP contribution in [0.4, 0.5) is 5.69 Å². The Morgan fingerprint density at radius 3 is 2.55 bits per heavy atom. The molecular formula is C18H30N2. The second-order valence-corrected chi connectivity index (χ2v) is 6.33. The highest BCUT2D eigenvalue weighted by Gasteiger charge is 2.21. The molecule has 1 aromatic carbocycles. The van der Waals surface area contributed by atoms with E-state index in [0.29, 0.717) is 0 Å². The smallest absolute Gasteiger partial charge is 0.0396 e. The van der Waals surface area contributed by atoms with Crippen LogP contribution >= 0.6 is 0 Å². The summed E-state index contributed by atoms with van der Waals surface area (Å²) < 4.78 is 0. The Morgan fingerprint density at radius 2 is 2.05 bits per heavy atom. The zero-order valence-corrected chi connectivity index (χ0v) is 13.4. The van der Waals surface area contributed by atoms with Gasteiger partial charge in [0.2, 0.25) is 0 Å². The van der Waals surface area contributed by atoms with Crippen LogP contribution in [-0.2, 0) is 6.42 Å². The number of anilines is 1. The lowest BCUT2D eigenvalue weighted by Gasteiger charge is -2.34. The summed E-state index contributed by atoms with van der Waals surface area (Å²) in [4.78, 5) is 2.54. The molecule has 1 aliphatic carbocycles. The van der Waals surface area contributed by atoms with Gasteiger partial charge in [-0.15, -0.1) is 0 Å². The van der Waals surface area contributed by atoms with Gasteiger partial charge in [-0.25, -0.2) is 0 Å². The van der Waals surface area contributed by atoms with E-state index in [1.165, 1.54) is 42.6 Å². The fourth-order valence-electron chi connectivity index (χ4n) is 3.03. The van der Waals surface area contributed by atoms with E-state index in [1.807, 2.05) is 0 Å². The molecule has 1 unspecified atom stereocenters. The maximum Gasteiger partial charge on any atom is 0.0396 e. The fourth-order valence-corrected chi connectivity index (χ4v) is 3.03. The van der Waals surface area contributed by atoms with Crippen molar-refractivity contribution < 1.29 is 0 Å². The second kappa shape index (κ2) is 7.12. The molecule has 2 nitrogen and oxygen atoms in total. The molecule has 0 bridgehead atoms. The number of rotatable bonds is 7. The van der Waals surface area contributed by atoms with Crippen molar-refractivity contribution in [3.63, 3.8) is 0 Å². The van der Waals surface area contributed by atoms with Gasteiger partial charge in [0.05, 0.1) is 0 Å². The molecule has 0 amide bonds. The van der Waals surface area contributed by atoms with Crippen molar-refractivity contribution in [1.82, 2.24) is 0 Å². The summed E-state index contributed by atoms with van der Waals surface area (Å²) in [5, 5.41) is 0. The van der Waals surface area contributed by atoms with Gasteiger partial charge in [-0.1, -0.05) is 25.5 Å². The van der Waals surface area contributed by atoms with E-state index in [9.17, 15) is 0 Å². The van der Waals surface area contributed by atoms with E-state index < -0.39 is 0 Å². The number of hydrogen-bond donors (Lipinski definition) is 1. The first kappa shape index (κ1) is 15.4. The topological polar surface area (TPSA) is 29.3 Å². The third-order valence-electron chi connectivity index (χ3n) is 4.71. The minimum Gasteiger partial charge on any atom is -0.371 e. The summed E-state index contributed by atoms with van der Waals surface area (Å²) >= 11 is 0. The van der Waals surface area contributed by atoms with Crippen LogP contribution in [0.5, 0.6) is 0 Å². The van der Waals surface area contributed by atoms with Gasteiger partial charge in [-0.2, -0.15) is 0 Å². The summed E-state index contributed by atoms with van der Waals surface area (Å²) in [7, 11) is 0. The molecule has 2 N–H and O–H groups in total. The van der Waals surface area contributed by atoms with Gasteiger partial charge in [-0.3, -0.25) is 0 Å². The van der Waals surface area contributed by atoms with Crippen molar-refractivity contribution in [3.05, 3.63) is 29.3 Å². The Kier molecular flexibility index (Phi) is 5.47. The standard InChI is InChI=1S/C18H30N2/c1-4-17(19)12-16-9-10-18(14(3)11-16)20(5-2)13-15-7-6-8-15/h9-11,15,17H,4-8,12-13,19H2,1-3H3. The Bertz CT molecular complexity index is 423. The monoisotopic (exact) mass is 274 g/mol. The van der Waals surface area contributed by atoms with Gasteiger partial charge < -0.3 is 10.6 Å². The van der Waals surface area contributed by atoms with E-state index in [-0.39, 0.29) is 6.04 Å². The molecule has 1 aromatic rings. The van der Waals surface area contributed by atoms with E-state index in [4.69, 9.17) is 5.73 Å². The van der Waals surface area contributed by atoms with E-state index in [1.54, 1.807) is 0 Å². The van der Waals surface area contributed by atoms with E-state index >= 15 is 0 Å². The molecule has 0 saturated heterocycles. The SMILES string of the molecule is CCC(N)Cc1ccc(N(CC)CC2CCC2)c(C)c1. The maximum atomic E-state index is 6.06. The van der Waals surface area contributed by atoms with Gasteiger partial charge >= 0.3 is 0 Å². The molecule has 112 valence electrons. The average molecular weight is 274 g/mol. The zero-order valence-electron chi connectivity index (χ0n) is 13.4. The fraction of sp³-hybridized carbons (Fsp3) is 0.667. The Labute approximate surface area is 124 Å². The Balaban J connectivity index is 2.06. The first-order valence-corrected chi connectivity index (χ1v) is 8.24. The van der Waals surface area contributed by atoms with Gasteiger partial charge in [0, 0.05) is 24.8 Å². The quantitative estimate of drug-likeness (QED) is 0.817. The third-order valence-corrected chi connectivity index (χ3v) is 4.71. The van der Waals surface area contributed by atoms with E-state index in [2.05, 4.69) is 43.9 Å². The molecule has 0 aromatic heterocycles. The largest absolute Gasteiger partial charge is 0.371 e. The molecule has 1 atom stereocenters. The molecule has 2 heteroatoms. The van der Waals surface area contributed by atoms with Crippen LogP contribution in [0.2, 0.25) is 0 Å². The number of hydrogen-bond acceptors (Lipinski definition) is 2. The van der Waals surface area contributed by atoms with Crippen molar-refractivity contribution in [1.29, 1.82) is 0 Å². The minimum absolute atomic E-state index is 0.289. The van der Waals surface area contributed by atoms with Crippen LogP contribution in [0.3, 0.4) is 0 Å². The van der Waals surface area contributed by atoms with Gasteiger partial charge in [0.1, 0.15) is 0 Å². The van der Waals surface area contributed by atoms with Crippen molar-refractivity contribution >= 4 is 5.69 Å². The van der Waals surface area contributed by atoms with Crippen LogP contribution in [0.1, 0.15) is 50.7 Å². The molecule has 0 spiro atoms. The number of benzene rings is 1. The highest BCUT2D eigenvalue weighted by molar-refractivity contribution is 5.54. The van der Waals surface area contributed by atoms with Gasteiger partial charge in [0.25, 0.3) is 0 Å². The van der Waals surface area contributed by atoms with Crippen LogP contribution in [-0.4, -0.2) is 19.1 Å². The maximum absolute atomic E-state index is 6.06. The summed E-state index contributed by atoms with van der Waals surface area (Å²) in [6.45, 7) is 8.98. The number of nitrogens with two attached hydrogens (primary N) is 1. The Hall–Kier alpha value is -1.02. The average Bonchev–Trinajstić information content (AvgIpc) is 2.39. The molecule has 20 heavy (non-hydrogen) atoms.